The van der Waals surface area contributed by atoms with E-state index in [0.717, 1.165) is 57.3 Å². The quantitative estimate of drug-likeness (QED) is 0.854. The first-order chi connectivity index (χ1) is 9.86. The zero-order valence-electron chi connectivity index (χ0n) is 12.0. The number of nitrogens with one attached hydrogen (secondary N) is 1. The lowest BCUT2D eigenvalue weighted by Gasteiger charge is -2.28. The maximum atomic E-state index is 5.83. The van der Waals surface area contributed by atoms with E-state index in [1.165, 1.54) is 11.1 Å². The van der Waals surface area contributed by atoms with Crippen molar-refractivity contribution in [2.75, 3.05) is 45.3 Å². The van der Waals surface area contributed by atoms with Gasteiger partial charge in [-0.2, -0.15) is 0 Å². The number of anilines is 1. The molecule has 0 radical (unpaired) electrons. The highest BCUT2D eigenvalue weighted by Gasteiger charge is 2.17. The van der Waals surface area contributed by atoms with Crippen molar-refractivity contribution in [1.82, 2.24) is 4.90 Å². The third-order valence-electron chi connectivity index (χ3n) is 3.87. The third kappa shape index (κ3) is 2.97. The zero-order valence-corrected chi connectivity index (χ0v) is 12.0. The van der Waals surface area contributed by atoms with Crippen molar-refractivity contribution in [3.8, 4) is 5.75 Å². The lowest BCUT2D eigenvalue weighted by molar-refractivity contribution is 0.209. The smallest absolute Gasteiger partial charge is 0.146 e. The van der Waals surface area contributed by atoms with Crippen LogP contribution in [0.5, 0.6) is 5.75 Å². The van der Waals surface area contributed by atoms with E-state index in [4.69, 9.17) is 9.47 Å². The number of hydrogen-bond donors (Lipinski definition) is 1. The Morgan fingerprint density at radius 2 is 2.35 bits per heavy atom. The second-order valence-electron chi connectivity index (χ2n) is 5.35. The minimum absolute atomic E-state index is 0.752. The van der Waals surface area contributed by atoms with Gasteiger partial charge in [0.2, 0.25) is 0 Å². The molecule has 0 saturated heterocycles. The average molecular weight is 274 g/mol. The number of rotatable bonds is 4. The Balaban J connectivity index is 1.67. The molecule has 1 aromatic rings. The van der Waals surface area contributed by atoms with Crippen molar-refractivity contribution in [2.24, 2.45) is 0 Å². The molecule has 0 spiro atoms. The summed E-state index contributed by atoms with van der Waals surface area (Å²) in [6, 6.07) is 6.36. The van der Waals surface area contributed by atoms with Gasteiger partial charge in [0, 0.05) is 38.9 Å². The molecule has 1 N–H and O–H groups in total. The lowest BCUT2D eigenvalue weighted by atomic mass is 10.1. The van der Waals surface area contributed by atoms with Crippen LogP contribution in [0, 0.1) is 0 Å². The van der Waals surface area contributed by atoms with Crippen molar-refractivity contribution < 1.29 is 9.47 Å². The van der Waals surface area contributed by atoms with Gasteiger partial charge in [0.25, 0.3) is 0 Å². The van der Waals surface area contributed by atoms with Crippen LogP contribution in [-0.4, -0.2) is 44.9 Å². The summed E-state index contributed by atoms with van der Waals surface area (Å²) in [5.74, 6) is 1.03. The van der Waals surface area contributed by atoms with E-state index >= 15 is 0 Å². The van der Waals surface area contributed by atoms with Crippen LogP contribution >= 0.6 is 0 Å². The fourth-order valence-corrected chi connectivity index (χ4v) is 2.81. The molecule has 2 aliphatic heterocycles. The number of methoxy groups -OCH3 is 1. The fourth-order valence-electron chi connectivity index (χ4n) is 2.81. The van der Waals surface area contributed by atoms with Gasteiger partial charge in [0.15, 0.2) is 0 Å². The van der Waals surface area contributed by atoms with E-state index in [1.54, 1.807) is 7.11 Å². The summed E-state index contributed by atoms with van der Waals surface area (Å²) in [7, 11) is 1.76. The largest absolute Gasteiger partial charge is 0.489 e. The molecule has 0 unspecified atom stereocenters. The summed E-state index contributed by atoms with van der Waals surface area (Å²) in [6.07, 6.45) is 3.39. The molecular weight excluding hydrogens is 252 g/mol. The molecule has 20 heavy (non-hydrogen) atoms. The van der Waals surface area contributed by atoms with Crippen LogP contribution in [0.1, 0.15) is 12.0 Å². The monoisotopic (exact) mass is 274 g/mol. The molecule has 2 heterocycles. The number of nitrogens with zero attached hydrogens (tertiary/aromatic N) is 1. The van der Waals surface area contributed by atoms with E-state index < -0.39 is 0 Å². The van der Waals surface area contributed by atoms with Crippen LogP contribution in [0.4, 0.5) is 5.69 Å². The van der Waals surface area contributed by atoms with Crippen LogP contribution in [0.3, 0.4) is 0 Å². The molecule has 0 fully saturated rings. The first-order valence-corrected chi connectivity index (χ1v) is 7.24. The van der Waals surface area contributed by atoms with Gasteiger partial charge in [0.05, 0.1) is 12.3 Å². The molecule has 0 atom stereocenters. The van der Waals surface area contributed by atoms with Crippen LogP contribution in [0.25, 0.3) is 0 Å². The van der Waals surface area contributed by atoms with Crippen molar-refractivity contribution in [1.29, 1.82) is 0 Å². The Bertz CT molecular complexity index is 499. The molecule has 4 heteroatoms. The molecule has 108 valence electrons. The predicted molar refractivity (Wildman–Crippen MR) is 80.3 cm³/mol. The first-order valence-electron chi connectivity index (χ1n) is 7.24. The summed E-state index contributed by atoms with van der Waals surface area (Å²) < 4.78 is 11.0. The van der Waals surface area contributed by atoms with E-state index in [2.05, 4.69) is 34.5 Å². The van der Waals surface area contributed by atoms with Crippen molar-refractivity contribution in [3.05, 3.63) is 35.4 Å². The molecule has 0 aliphatic carbocycles. The number of benzene rings is 1. The van der Waals surface area contributed by atoms with Crippen LogP contribution < -0.4 is 10.1 Å². The zero-order chi connectivity index (χ0) is 13.8. The van der Waals surface area contributed by atoms with Gasteiger partial charge in [-0.25, -0.2) is 0 Å². The van der Waals surface area contributed by atoms with Crippen LogP contribution in [-0.2, 0) is 11.3 Å². The van der Waals surface area contributed by atoms with Gasteiger partial charge in [-0.05, 0) is 18.1 Å². The van der Waals surface area contributed by atoms with Gasteiger partial charge >= 0.3 is 0 Å². The Kier molecular flexibility index (Phi) is 4.23. The lowest BCUT2D eigenvalue weighted by Crippen LogP contribution is -2.29. The highest BCUT2D eigenvalue weighted by Crippen LogP contribution is 2.32. The summed E-state index contributed by atoms with van der Waals surface area (Å²) in [6.45, 7) is 5.44. The van der Waals surface area contributed by atoms with E-state index in [-0.39, 0.29) is 0 Å². The standard InChI is InChI=1S/C16H22N2O2/c1-19-12-13-5-8-18(9-6-13)11-14-3-2-4-15-16(14)20-10-7-17-15/h2-5,17H,6-12H2,1H3. The molecule has 1 aromatic carbocycles. The van der Waals surface area contributed by atoms with Crippen molar-refractivity contribution >= 4 is 5.69 Å². The number of ether oxygens (including phenoxy) is 2. The second-order valence-corrected chi connectivity index (χ2v) is 5.35. The van der Waals surface area contributed by atoms with Gasteiger partial charge in [-0.1, -0.05) is 18.2 Å². The van der Waals surface area contributed by atoms with E-state index in [1.807, 2.05) is 0 Å². The minimum atomic E-state index is 0.752. The molecule has 0 bridgehead atoms. The van der Waals surface area contributed by atoms with Gasteiger partial charge in [-0.3, -0.25) is 4.90 Å². The Labute approximate surface area is 120 Å². The normalized spacial score (nSPS) is 18.8. The second kappa shape index (κ2) is 6.29. The highest BCUT2D eigenvalue weighted by atomic mass is 16.5. The topological polar surface area (TPSA) is 33.7 Å². The number of fused-ring (bicyclic) bond motifs is 1. The summed E-state index contributed by atoms with van der Waals surface area (Å²) in [4.78, 5) is 2.45. The van der Waals surface area contributed by atoms with E-state index in [9.17, 15) is 0 Å². The van der Waals surface area contributed by atoms with Crippen LogP contribution in [0.2, 0.25) is 0 Å². The summed E-state index contributed by atoms with van der Waals surface area (Å²) >= 11 is 0. The van der Waals surface area contributed by atoms with Crippen molar-refractivity contribution in [3.63, 3.8) is 0 Å². The molecule has 2 aliphatic rings. The predicted octanol–water partition coefficient (Wildman–Crippen LogP) is 2.27. The summed E-state index contributed by atoms with van der Waals surface area (Å²) in [5.41, 5.74) is 3.82. The Morgan fingerprint density at radius 1 is 1.40 bits per heavy atom. The molecule has 0 aromatic heterocycles. The average Bonchev–Trinajstić information content (AvgIpc) is 2.50. The summed E-state index contributed by atoms with van der Waals surface area (Å²) in [5, 5.41) is 3.39. The van der Waals surface area contributed by atoms with Crippen LogP contribution in [0.15, 0.2) is 29.8 Å². The SMILES string of the molecule is COCC1=CCN(Cc2cccc3c2OCCN3)CC1. The molecule has 4 nitrogen and oxygen atoms in total. The van der Waals surface area contributed by atoms with Crippen molar-refractivity contribution in [2.45, 2.75) is 13.0 Å². The van der Waals surface area contributed by atoms with E-state index in [0.29, 0.717) is 0 Å². The number of para-hydroxylation sites is 1. The molecular formula is C16H22N2O2. The van der Waals surface area contributed by atoms with Gasteiger partial charge in [0.1, 0.15) is 12.4 Å². The highest BCUT2D eigenvalue weighted by molar-refractivity contribution is 5.61. The number of hydrogen-bond acceptors (Lipinski definition) is 4. The molecule has 0 amide bonds. The van der Waals surface area contributed by atoms with Gasteiger partial charge in [-0.15, -0.1) is 0 Å². The maximum absolute atomic E-state index is 5.83. The first kappa shape index (κ1) is 13.5. The molecule has 3 rings (SSSR count). The fraction of sp³-hybridized carbons (Fsp3) is 0.500. The molecule has 0 saturated carbocycles. The van der Waals surface area contributed by atoms with Gasteiger partial charge < -0.3 is 14.8 Å². The Hall–Kier alpha value is -1.52. The minimum Gasteiger partial charge on any atom is -0.489 e. The Morgan fingerprint density at radius 3 is 3.15 bits per heavy atom. The maximum Gasteiger partial charge on any atom is 0.146 e. The third-order valence-corrected chi connectivity index (χ3v) is 3.87.